The van der Waals surface area contributed by atoms with Gasteiger partial charge < -0.3 is 11.1 Å². The topological polar surface area (TPSA) is 50.4 Å². The predicted octanol–water partition coefficient (Wildman–Crippen LogP) is 2.23. The Morgan fingerprint density at radius 1 is 1.38 bits per heavy atom. The van der Waals surface area contributed by atoms with Crippen molar-refractivity contribution in [2.24, 2.45) is 10.7 Å². The van der Waals surface area contributed by atoms with Crippen LogP contribution in [0.25, 0.3) is 0 Å². The van der Waals surface area contributed by atoms with Crippen LogP contribution in [0.15, 0.2) is 33.7 Å². The molecule has 0 bridgehead atoms. The van der Waals surface area contributed by atoms with E-state index in [9.17, 15) is 0 Å². The molecule has 1 aliphatic rings. The molecule has 0 atom stereocenters. The van der Waals surface area contributed by atoms with Gasteiger partial charge in [-0.2, -0.15) is 0 Å². The number of nitrogens with zero attached hydrogens (tertiary/aromatic N) is 1. The quantitative estimate of drug-likeness (QED) is 0.645. The Morgan fingerprint density at radius 2 is 2.00 bits per heavy atom. The van der Waals surface area contributed by atoms with Crippen molar-refractivity contribution in [3.05, 3.63) is 34.3 Å². The van der Waals surface area contributed by atoms with Crippen molar-refractivity contribution in [3.63, 3.8) is 0 Å². The monoisotopic (exact) mass is 281 g/mol. The maximum Gasteiger partial charge on any atom is 0.188 e. The van der Waals surface area contributed by atoms with Gasteiger partial charge >= 0.3 is 0 Å². The summed E-state index contributed by atoms with van der Waals surface area (Å²) in [6.07, 6.45) is 2.27. The number of aliphatic imine (C=N–C) groups is 1. The van der Waals surface area contributed by atoms with Crippen LogP contribution in [0.5, 0.6) is 0 Å². The SMILES string of the molecule is CN=C(N)NC1CC(c2ccc(Br)cc2)C1. The molecule has 0 aliphatic heterocycles. The van der Waals surface area contributed by atoms with E-state index in [1.54, 1.807) is 7.05 Å². The average Bonchev–Trinajstić information content (AvgIpc) is 2.24. The zero-order valence-corrected chi connectivity index (χ0v) is 10.9. The molecule has 1 fully saturated rings. The fourth-order valence-corrected chi connectivity index (χ4v) is 2.28. The van der Waals surface area contributed by atoms with Crippen LogP contribution in [0.1, 0.15) is 24.3 Å². The summed E-state index contributed by atoms with van der Waals surface area (Å²) >= 11 is 3.44. The molecule has 0 spiro atoms. The Morgan fingerprint density at radius 3 is 2.56 bits per heavy atom. The molecule has 0 amide bonds. The molecule has 2 rings (SSSR count). The maximum atomic E-state index is 5.62. The van der Waals surface area contributed by atoms with Crippen molar-refractivity contribution in [1.82, 2.24) is 5.32 Å². The molecule has 16 heavy (non-hydrogen) atoms. The molecular weight excluding hydrogens is 266 g/mol. The van der Waals surface area contributed by atoms with Gasteiger partial charge in [0.2, 0.25) is 0 Å². The fraction of sp³-hybridized carbons (Fsp3) is 0.417. The third-order valence-corrected chi connectivity index (χ3v) is 3.60. The van der Waals surface area contributed by atoms with Gasteiger partial charge in [-0.1, -0.05) is 28.1 Å². The van der Waals surface area contributed by atoms with Gasteiger partial charge in [-0.3, -0.25) is 4.99 Å². The van der Waals surface area contributed by atoms with Crippen LogP contribution in [-0.2, 0) is 0 Å². The van der Waals surface area contributed by atoms with E-state index in [4.69, 9.17) is 5.73 Å². The number of nitrogens with one attached hydrogen (secondary N) is 1. The number of halogens is 1. The summed E-state index contributed by atoms with van der Waals surface area (Å²) in [6.45, 7) is 0. The van der Waals surface area contributed by atoms with Crippen molar-refractivity contribution < 1.29 is 0 Å². The van der Waals surface area contributed by atoms with Gasteiger partial charge in [0.25, 0.3) is 0 Å². The largest absolute Gasteiger partial charge is 0.370 e. The highest BCUT2D eigenvalue weighted by atomic mass is 79.9. The molecule has 1 aromatic carbocycles. The number of rotatable bonds is 2. The minimum absolute atomic E-state index is 0.484. The molecule has 3 N–H and O–H groups in total. The number of hydrogen-bond acceptors (Lipinski definition) is 1. The summed E-state index contributed by atoms with van der Waals surface area (Å²) in [5.41, 5.74) is 7.03. The van der Waals surface area contributed by atoms with E-state index in [0.29, 0.717) is 17.9 Å². The molecule has 0 saturated heterocycles. The van der Waals surface area contributed by atoms with Crippen LogP contribution < -0.4 is 11.1 Å². The van der Waals surface area contributed by atoms with Gasteiger partial charge in [-0.25, -0.2) is 0 Å². The first-order chi connectivity index (χ1) is 7.69. The second-order valence-electron chi connectivity index (χ2n) is 4.17. The van der Waals surface area contributed by atoms with Gasteiger partial charge in [0, 0.05) is 17.6 Å². The van der Waals surface area contributed by atoms with Gasteiger partial charge in [0.05, 0.1) is 0 Å². The second kappa shape index (κ2) is 4.87. The zero-order valence-electron chi connectivity index (χ0n) is 9.28. The molecule has 1 aliphatic carbocycles. The van der Waals surface area contributed by atoms with Crippen LogP contribution in [0, 0.1) is 0 Å². The lowest BCUT2D eigenvalue weighted by molar-refractivity contribution is 0.323. The summed E-state index contributed by atoms with van der Waals surface area (Å²) in [4.78, 5) is 3.90. The number of benzene rings is 1. The highest BCUT2D eigenvalue weighted by Crippen LogP contribution is 2.37. The first-order valence-corrected chi connectivity index (χ1v) is 6.22. The zero-order chi connectivity index (χ0) is 11.5. The molecule has 1 aromatic rings. The average molecular weight is 282 g/mol. The molecule has 86 valence electrons. The van der Waals surface area contributed by atoms with Crippen LogP contribution in [0.3, 0.4) is 0 Å². The fourth-order valence-electron chi connectivity index (χ4n) is 2.02. The Bertz CT molecular complexity index is 380. The normalized spacial score (nSPS) is 25.0. The van der Waals surface area contributed by atoms with Crippen LogP contribution >= 0.6 is 15.9 Å². The summed E-state index contributed by atoms with van der Waals surface area (Å²) in [5, 5.41) is 3.20. The van der Waals surface area contributed by atoms with Crippen LogP contribution in [0.2, 0.25) is 0 Å². The number of guanidine groups is 1. The lowest BCUT2D eigenvalue weighted by Crippen LogP contribution is -2.46. The van der Waals surface area contributed by atoms with Gasteiger partial charge in [-0.05, 0) is 36.5 Å². The molecule has 0 unspecified atom stereocenters. The summed E-state index contributed by atoms with van der Waals surface area (Å²) in [6, 6.07) is 9.04. The molecule has 0 radical (unpaired) electrons. The molecule has 0 heterocycles. The Hall–Kier alpha value is -1.03. The van der Waals surface area contributed by atoms with Gasteiger partial charge in [0.1, 0.15) is 0 Å². The first-order valence-electron chi connectivity index (χ1n) is 5.43. The van der Waals surface area contributed by atoms with E-state index >= 15 is 0 Å². The Kier molecular flexibility index (Phi) is 3.49. The van der Waals surface area contributed by atoms with E-state index < -0.39 is 0 Å². The van der Waals surface area contributed by atoms with Gasteiger partial charge in [0.15, 0.2) is 5.96 Å². The lowest BCUT2D eigenvalue weighted by atomic mass is 9.76. The maximum absolute atomic E-state index is 5.62. The molecular formula is C12H16BrN3. The first kappa shape index (κ1) is 11.5. The molecule has 3 nitrogen and oxygen atoms in total. The lowest BCUT2D eigenvalue weighted by Gasteiger charge is -2.36. The Balaban J connectivity index is 1.86. The van der Waals surface area contributed by atoms with Crippen LogP contribution in [-0.4, -0.2) is 19.0 Å². The van der Waals surface area contributed by atoms with Gasteiger partial charge in [-0.15, -0.1) is 0 Å². The summed E-state index contributed by atoms with van der Waals surface area (Å²) in [5.74, 6) is 1.20. The predicted molar refractivity (Wildman–Crippen MR) is 70.6 cm³/mol. The third-order valence-electron chi connectivity index (χ3n) is 3.07. The van der Waals surface area contributed by atoms with Crippen molar-refractivity contribution in [2.45, 2.75) is 24.8 Å². The van der Waals surface area contributed by atoms with E-state index in [-0.39, 0.29) is 0 Å². The van der Waals surface area contributed by atoms with Crippen molar-refractivity contribution in [1.29, 1.82) is 0 Å². The van der Waals surface area contributed by atoms with Crippen molar-refractivity contribution >= 4 is 21.9 Å². The molecule has 4 heteroatoms. The standard InChI is InChI=1S/C12H16BrN3/c1-15-12(14)16-11-6-9(7-11)8-2-4-10(13)5-3-8/h2-5,9,11H,6-7H2,1H3,(H3,14,15,16). The molecule has 0 aromatic heterocycles. The highest BCUT2D eigenvalue weighted by Gasteiger charge is 2.30. The number of nitrogens with two attached hydrogens (primary N) is 1. The van der Waals surface area contributed by atoms with Crippen molar-refractivity contribution in [3.8, 4) is 0 Å². The summed E-state index contributed by atoms with van der Waals surface area (Å²) < 4.78 is 1.13. The minimum atomic E-state index is 0.484. The van der Waals surface area contributed by atoms with E-state index in [2.05, 4.69) is 50.5 Å². The summed E-state index contributed by atoms with van der Waals surface area (Å²) in [7, 11) is 1.70. The second-order valence-corrected chi connectivity index (χ2v) is 5.09. The molecule has 1 saturated carbocycles. The highest BCUT2D eigenvalue weighted by molar-refractivity contribution is 9.10. The van der Waals surface area contributed by atoms with Crippen molar-refractivity contribution in [2.75, 3.05) is 7.05 Å². The van der Waals surface area contributed by atoms with E-state index in [1.165, 1.54) is 5.56 Å². The number of hydrogen-bond donors (Lipinski definition) is 2. The van der Waals surface area contributed by atoms with E-state index in [0.717, 1.165) is 17.3 Å². The minimum Gasteiger partial charge on any atom is -0.370 e. The van der Waals surface area contributed by atoms with Crippen LogP contribution in [0.4, 0.5) is 0 Å². The van der Waals surface area contributed by atoms with E-state index in [1.807, 2.05) is 0 Å². The third kappa shape index (κ3) is 2.55. The smallest absolute Gasteiger partial charge is 0.188 e. The Labute approximate surface area is 104 Å².